The third kappa shape index (κ3) is 7.48. The number of hydrogen-bond donors (Lipinski definition) is 2. The Bertz CT molecular complexity index is 1290. The van der Waals surface area contributed by atoms with Crippen molar-refractivity contribution in [3.8, 4) is 16.9 Å². The lowest BCUT2D eigenvalue weighted by Crippen LogP contribution is -2.42. The molecule has 1 aliphatic rings. The van der Waals surface area contributed by atoms with Crippen LogP contribution in [0.15, 0.2) is 72.8 Å². The molecule has 0 heterocycles. The van der Waals surface area contributed by atoms with Crippen LogP contribution in [0, 0.1) is 0 Å². The third-order valence-electron chi connectivity index (χ3n) is 6.57. The van der Waals surface area contributed by atoms with Crippen molar-refractivity contribution in [1.82, 2.24) is 5.32 Å². The van der Waals surface area contributed by atoms with E-state index in [0.29, 0.717) is 12.2 Å². The van der Waals surface area contributed by atoms with E-state index in [0.717, 1.165) is 28.3 Å². The summed E-state index contributed by atoms with van der Waals surface area (Å²) in [4.78, 5) is 36.3. The molecule has 1 atom stereocenters. The molecule has 4 rings (SSSR count). The number of fused-ring (bicyclic) bond motifs is 3. The summed E-state index contributed by atoms with van der Waals surface area (Å²) in [7, 11) is -1.32. The summed E-state index contributed by atoms with van der Waals surface area (Å²) >= 11 is 0. The number of alkyl carbamates (subject to hydrolysis) is 1. The fourth-order valence-corrected chi connectivity index (χ4v) is 5.19. The standard InChI is InChI=1S/C30H33NO7Si/c1-39(2,3)17-16-36-30(35)38-21-14-12-20(13-15-21)18-27(28(32)33)31-29(34)37-19-26-24-10-6-4-8-22(24)23-9-5-7-11-25(23)26/h4-15,26-27H,16-19H2,1-3H3,(H,31,34)(H,32,33)/t27-/m1/s1. The van der Waals surface area contributed by atoms with E-state index >= 15 is 0 Å². The van der Waals surface area contributed by atoms with Gasteiger partial charge in [0, 0.05) is 20.4 Å². The molecule has 204 valence electrons. The number of ether oxygens (including phenoxy) is 3. The van der Waals surface area contributed by atoms with E-state index in [-0.39, 0.29) is 24.7 Å². The number of carbonyl (C=O) groups is 3. The van der Waals surface area contributed by atoms with Crippen molar-refractivity contribution in [3.63, 3.8) is 0 Å². The highest BCUT2D eigenvalue weighted by atomic mass is 28.3. The molecule has 0 saturated carbocycles. The molecule has 3 aromatic rings. The van der Waals surface area contributed by atoms with Gasteiger partial charge in [0.15, 0.2) is 0 Å². The van der Waals surface area contributed by atoms with Crippen LogP contribution in [-0.4, -0.2) is 50.7 Å². The van der Waals surface area contributed by atoms with Gasteiger partial charge in [0.25, 0.3) is 0 Å². The van der Waals surface area contributed by atoms with Crippen LogP contribution in [0.1, 0.15) is 22.6 Å². The Labute approximate surface area is 228 Å². The smallest absolute Gasteiger partial charge is 0.480 e. The average Bonchev–Trinajstić information content (AvgIpc) is 3.21. The van der Waals surface area contributed by atoms with E-state index in [1.54, 1.807) is 24.3 Å². The largest absolute Gasteiger partial charge is 0.513 e. The second-order valence-corrected chi connectivity index (χ2v) is 16.3. The summed E-state index contributed by atoms with van der Waals surface area (Å²) in [6.07, 6.45) is -1.55. The van der Waals surface area contributed by atoms with Gasteiger partial charge in [-0.25, -0.2) is 14.4 Å². The summed E-state index contributed by atoms with van der Waals surface area (Å²) in [5.41, 5.74) is 5.00. The Morgan fingerprint density at radius 2 is 1.46 bits per heavy atom. The molecule has 9 heteroatoms. The number of carboxylic acids is 1. The first-order chi connectivity index (χ1) is 18.6. The van der Waals surface area contributed by atoms with Crippen molar-refractivity contribution in [3.05, 3.63) is 89.5 Å². The highest BCUT2D eigenvalue weighted by Crippen LogP contribution is 2.44. The molecule has 0 radical (unpaired) electrons. The Morgan fingerprint density at radius 3 is 2.03 bits per heavy atom. The SMILES string of the molecule is C[Si](C)(C)CCOC(=O)Oc1ccc(C[C@@H](NC(=O)OCC2c3ccccc3-c3ccccc32)C(=O)O)cc1. The van der Waals surface area contributed by atoms with Crippen LogP contribution >= 0.6 is 0 Å². The molecular weight excluding hydrogens is 514 g/mol. The van der Waals surface area contributed by atoms with Crippen molar-refractivity contribution >= 4 is 26.3 Å². The second-order valence-electron chi connectivity index (χ2n) is 10.7. The quantitative estimate of drug-likeness (QED) is 0.180. The number of amides is 1. The predicted molar refractivity (Wildman–Crippen MR) is 150 cm³/mol. The molecule has 0 bridgehead atoms. The van der Waals surface area contributed by atoms with Crippen LogP contribution in [-0.2, 0) is 20.7 Å². The maximum atomic E-state index is 12.6. The highest BCUT2D eigenvalue weighted by molar-refractivity contribution is 6.76. The third-order valence-corrected chi connectivity index (χ3v) is 8.27. The lowest BCUT2D eigenvalue weighted by atomic mass is 9.98. The van der Waals surface area contributed by atoms with Crippen molar-refractivity contribution in [2.75, 3.05) is 13.2 Å². The van der Waals surface area contributed by atoms with E-state index in [4.69, 9.17) is 14.2 Å². The van der Waals surface area contributed by atoms with Crippen LogP contribution in [0.2, 0.25) is 25.7 Å². The molecule has 3 aromatic carbocycles. The number of nitrogens with one attached hydrogen (secondary N) is 1. The Morgan fingerprint density at radius 1 is 0.872 bits per heavy atom. The zero-order valence-corrected chi connectivity index (χ0v) is 23.3. The molecule has 0 unspecified atom stereocenters. The first-order valence-corrected chi connectivity index (χ1v) is 16.6. The zero-order chi connectivity index (χ0) is 28.0. The van der Waals surface area contributed by atoms with Crippen LogP contribution in [0.5, 0.6) is 5.75 Å². The predicted octanol–water partition coefficient (Wildman–Crippen LogP) is 6.07. The average molecular weight is 548 g/mol. The summed E-state index contributed by atoms with van der Waals surface area (Å²) in [5.74, 6) is -1.02. The van der Waals surface area contributed by atoms with Gasteiger partial charge in [-0.1, -0.05) is 80.3 Å². The van der Waals surface area contributed by atoms with Crippen molar-refractivity contribution in [1.29, 1.82) is 0 Å². The minimum atomic E-state index is -1.32. The molecule has 1 amide bonds. The molecule has 0 aromatic heterocycles. The molecule has 0 aliphatic heterocycles. The lowest BCUT2D eigenvalue weighted by molar-refractivity contribution is -0.139. The first-order valence-electron chi connectivity index (χ1n) is 12.9. The van der Waals surface area contributed by atoms with Crippen LogP contribution in [0.4, 0.5) is 9.59 Å². The highest BCUT2D eigenvalue weighted by Gasteiger charge is 2.30. The van der Waals surface area contributed by atoms with E-state index in [9.17, 15) is 19.5 Å². The Balaban J connectivity index is 1.30. The van der Waals surface area contributed by atoms with Crippen molar-refractivity contribution < 1.29 is 33.7 Å². The molecule has 0 fully saturated rings. The van der Waals surface area contributed by atoms with E-state index in [2.05, 4.69) is 25.0 Å². The topological polar surface area (TPSA) is 111 Å². The Kier molecular flexibility index (Phi) is 8.71. The minimum Gasteiger partial charge on any atom is -0.480 e. The van der Waals surface area contributed by atoms with E-state index < -0.39 is 32.3 Å². The first kappa shape index (κ1) is 27.9. The van der Waals surface area contributed by atoms with Crippen LogP contribution in [0.25, 0.3) is 11.1 Å². The van der Waals surface area contributed by atoms with Gasteiger partial charge >= 0.3 is 18.2 Å². The number of carboxylic acid groups (broad SMARTS) is 1. The minimum absolute atomic E-state index is 0.0282. The number of benzene rings is 3. The normalized spacial score (nSPS) is 13.1. The second kappa shape index (κ2) is 12.2. The van der Waals surface area contributed by atoms with E-state index in [1.807, 2.05) is 48.5 Å². The molecule has 2 N–H and O–H groups in total. The number of aliphatic carboxylic acids is 1. The molecule has 8 nitrogen and oxygen atoms in total. The zero-order valence-electron chi connectivity index (χ0n) is 22.3. The monoisotopic (exact) mass is 547 g/mol. The van der Waals surface area contributed by atoms with Gasteiger partial charge < -0.3 is 24.6 Å². The van der Waals surface area contributed by atoms with Gasteiger partial charge in [0.05, 0.1) is 6.61 Å². The summed E-state index contributed by atoms with van der Waals surface area (Å²) in [5, 5.41) is 12.1. The van der Waals surface area contributed by atoms with E-state index in [1.165, 1.54) is 0 Å². The maximum absolute atomic E-state index is 12.6. The summed E-state index contributed by atoms with van der Waals surface area (Å²) in [6, 6.07) is 22.0. The number of rotatable bonds is 10. The van der Waals surface area contributed by atoms with Crippen molar-refractivity contribution in [2.24, 2.45) is 0 Å². The fourth-order valence-electron chi connectivity index (χ4n) is 4.48. The molecule has 0 saturated heterocycles. The fraction of sp³-hybridized carbons (Fsp3) is 0.300. The lowest BCUT2D eigenvalue weighted by Gasteiger charge is -2.18. The summed E-state index contributed by atoms with van der Waals surface area (Å²) in [6.45, 7) is 6.97. The van der Waals surface area contributed by atoms with Gasteiger partial charge in [-0.2, -0.15) is 0 Å². The maximum Gasteiger partial charge on any atom is 0.513 e. The van der Waals surface area contributed by atoms with Crippen LogP contribution in [0.3, 0.4) is 0 Å². The molecule has 1 aliphatic carbocycles. The van der Waals surface area contributed by atoms with Gasteiger partial charge in [0.2, 0.25) is 0 Å². The molecular formula is C30H33NO7Si. The van der Waals surface area contributed by atoms with Gasteiger partial charge in [-0.15, -0.1) is 0 Å². The number of hydrogen-bond acceptors (Lipinski definition) is 6. The van der Waals surface area contributed by atoms with Gasteiger partial charge in [0.1, 0.15) is 18.4 Å². The Hall–Kier alpha value is -4.11. The number of carbonyl (C=O) groups excluding carboxylic acids is 2. The van der Waals surface area contributed by atoms with Crippen molar-refractivity contribution in [2.45, 2.75) is 44.1 Å². The van der Waals surface area contributed by atoms with Gasteiger partial charge in [-0.05, 0) is 46.0 Å². The molecule has 39 heavy (non-hydrogen) atoms. The van der Waals surface area contributed by atoms with Crippen LogP contribution < -0.4 is 10.1 Å². The summed E-state index contributed by atoms with van der Waals surface area (Å²) < 4.78 is 15.8. The van der Waals surface area contributed by atoms with Gasteiger partial charge in [-0.3, -0.25) is 0 Å². The molecule has 0 spiro atoms.